The molecule has 0 aromatic carbocycles. The number of hydrogen-bond donors (Lipinski definition) is 1. The van der Waals surface area contributed by atoms with Gasteiger partial charge >= 0.3 is 5.97 Å². The molecule has 0 radical (unpaired) electrons. The molecule has 2 bridgehead atoms. The van der Waals surface area contributed by atoms with Crippen molar-refractivity contribution >= 4 is 28.2 Å². The van der Waals surface area contributed by atoms with Crippen molar-refractivity contribution in [1.82, 2.24) is 4.90 Å². The lowest BCUT2D eigenvalue weighted by Crippen LogP contribution is -2.38. The van der Waals surface area contributed by atoms with Crippen LogP contribution in [0, 0.1) is 16.7 Å². The van der Waals surface area contributed by atoms with E-state index in [1.165, 1.54) is 17.7 Å². The van der Waals surface area contributed by atoms with Gasteiger partial charge in [-0.2, -0.15) is 0 Å². The summed E-state index contributed by atoms with van der Waals surface area (Å²) >= 11 is 1.57. The zero-order valence-electron chi connectivity index (χ0n) is 19.1. The van der Waals surface area contributed by atoms with Crippen molar-refractivity contribution in [3.63, 3.8) is 0 Å². The zero-order chi connectivity index (χ0) is 21.7. The Morgan fingerprint density at radius 3 is 2.77 bits per heavy atom. The summed E-state index contributed by atoms with van der Waals surface area (Å²) in [5.41, 5.74) is 2.34. The van der Waals surface area contributed by atoms with E-state index in [2.05, 4.69) is 37.9 Å². The number of carbonyl (C=O) groups is 2. The number of esters is 1. The third-order valence-electron chi connectivity index (χ3n) is 7.11. The maximum atomic E-state index is 13.0. The topological polar surface area (TPSA) is 58.6 Å². The number of nitrogens with one attached hydrogen (secondary N) is 1. The van der Waals surface area contributed by atoms with Gasteiger partial charge in [0.25, 0.3) is 0 Å². The zero-order valence-corrected chi connectivity index (χ0v) is 19.9. The lowest BCUT2D eigenvalue weighted by atomic mass is 9.65. The van der Waals surface area contributed by atoms with Gasteiger partial charge in [-0.15, -0.1) is 11.3 Å². The molecule has 1 N–H and O–H groups in total. The van der Waals surface area contributed by atoms with Gasteiger partial charge < -0.3 is 10.1 Å². The first kappa shape index (κ1) is 21.8. The Morgan fingerprint density at radius 2 is 2.03 bits per heavy atom. The Hall–Kier alpha value is -1.40. The summed E-state index contributed by atoms with van der Waals surface area (Å²) in [4.78, 5) is 29.3. The lowest BCUT2D eigenvalue weighted by Gasteiger charge is -2.39. The third kappa shape index (κ3) is 4.31. The molecular weight excluding hydrogens is 396 g/mol. The van der Waals surface area contributed by atoms with Crippen LogP contribution in [0.4, 0.5) is 5.00 Å². The van der Waals surface area contributed by atoms with Crippen molar-refractivity contribution < 1.29 is 14.3 Å². The molecule has 4 rings (SSSR count). The number of ether oxygens (including phenoxy) is 1. The Morgan fingerprint density at radius 1 is 1.27 bits per heavy atom. The summed E-state index contributed by atoms with van der Waals surface area (Å²) < 4.78 is 5.33. The molecule has 1 saturated carbocycles. The van der Waals surface area contributed by atoms with E-state index in [-0.39, 0.29) is 11.9 Å². The molecule has 1 amide bonds. The Labute approximate surface area is 184 Å². The number of thiophene rings is 1. The number of hydrogen-bond acceptors (Lipinski definition) is 5. The minimum atomic E-state index is -0.300. The standard InChI is InChI=1S/C24H36N2O3S/c1-6-29-22(28)20-17-8-7-15(2)9-18(17)30-21(20)25-19(27)12-26-14-24(5)11-16(26)10-23(3,4)13-24/h15-16H,6-14H2,1-5H3,(H,25,27). The van der Waals surface area contributed by atoms with E-state index in [1.54, 1.807) is 11.3 Å². The van der Waals surface area contributed by atoms with Crippen LogP contribution in [0.1, 0.15) is 81.1 Å². The fourth-order valence-electron chi connectivity index (χ4n) is 6.37. The minimum Gasteiger partial charge on any atom is -0.462 e. The van der Waals surface area contributed by atoms with Gasteiger partial charge in [0.2, 0.25) is 5.91 Å². The molecule has 2 fully saturated rings. The maximum absolute atomic E-state index is 13.0. The molecule has 2 aliphatic carbocycles. The summed E-state index contributed by atoms with van der Waals surface area (Å²) in [5, 5.41) is 3.79. The lowest BCUT2D eigenvalue weighted by molar-refractivity contribution is -0.117. The van der Waals surface area contributed by atoms with Crippen molar-refractivity contribution in [1.29, 1.82) is 0 Å². The van der Waals surface area contributed by atoms with Crippen molar-refractivity contribution in [2.24, 2.45) is 16.7 Å². The van der Waals surface area contributed by atoms with Crippen molar-refractivity contribution in [2.45, 2.75) is 79.2 Å². The van der Waals surface area contributed by atoms with Crippen LogP contribution in [-0.4, -0.2) is 42.5 Å². The Bertz CT molecular complexity index is 846. The number of amides is 1. The molecule has 5 nitrogen and oxygen atoms in total. The van der Waals surface area contributed by atoms with Crippen LogP contribution in [-0.2, 0) is 22.4 Å². The van der Waals surface area contributed by atoms with E-state index in [4.69, 9.17) is 4.74 Å². The van der Waals surface area contributed by atoms with Crippen LogP contribution in [0.3, 0.4) is 0 Å². The predicted octanol–water partition coefficient (Wildman–Crippen LogP) is 4.89. The van der Waals surface area contributed by atoms with Crippen molar-refractivity contribution in [3.05, 3.63) is 16.0 Å². The largest absolute Gasteiger partial charge is 0.462 e. The smallest absolute Gasteiger partial charge is 0.341 e. The molecule has 1 saturated heterocycles. The second-order valence-corrected chi connectivity index (χ2v) is 12.0. The van der Waals surface area contributed by atoms with Gasteiger partial charge in [0.15, 0.2) is 0 Å². The highest BCUT2D eigenvalue weighted by Crippen LogP contribution is 2.52. The summed E-state index contributed by atoms with van der Waals surface area (Å²) in [6.07, 6.45) is 6.49. The molecule has 6 heteroatoms. The molecule has 1 aromatic heterocycles. The highest BCUT2D eigenvalue weighted by molar-refractivity contribution is 7.17. The van der Waals surface area contributed by atoms with Gasteiger partial charge in [0.1, 0.15) is 5.00 Å². The molecule has 3 aliphatic rings. The van der Waals surface area contributed by atoms with Gasteiger partial charge in [-0.3, -0.25) is 9.69 Å². The first-order chi connectivity index (χ1) is 14.1. The van der Waals surface area contributed by atoms with Gasteiger partial charge in [-0.05, 0) is 67.8 Å². The van der Waals surface area contributed by atoms with E-state index in [9.17, 15) is 9.59 Å². The van der Waals surface area contributed by atoms with Crippen molar-refractivity contribution in [3.8, 4) is 0 Å². The summed E-state index contributed by atoms with van der Waals surface area (Å²) in [7, 11) is 0. The second-order valence-electron chi connectivity index (χ2n) is 10.9. The van der Waals surface area contributed by atoms with E-state index < -0.39 is 0 Å². The fourth-order valence-corrected chi connectivity index (χ4v) is 7.79. The average Bonchev–Trinajstić information content (AvgIpc) is 3.07. The van der Waals surface area contributed by atoms with Crippen LogP contribution in [0.2, 0.25) is 0 Å². The number of likely N-dealkylation sites (tertiary alicyclic amines) is 1. The average molecular weight is 433 g/mol. The highest BCUT2D eigenvalue weighted by Gasteiger charge is 2.49. The molecular formula is C24H36N2O3S. The number of carbonyl (C=O) groups excluding carboxylic acids is 2. The van der Waals surface area contributed by atoms with Crippen LogP contribution in [0.15, 0.2) is 0 Å². The molecule has 1 aromatic rings. The van der Waals surface area contributed by atoms with Gasteiger partial charge in [0, 0.05) is 17.5 Å². The van der Waals surface area contributed by atoms with E-state index in [0.717, 1.165) is 37.8 Å². The number of nitrogens with zero attached hydrogens (tertiary/aromatic N) is 1. The molecule has 166 valence electrons. The van der Waals surface area contributed by atoms with Gasteiger partial charge in [-0.1, -0.05) is 27.7 Å². The molecule has 3 unspecified atom stereocenters. The third-order valence-corrected chi connectivity index (χ3v) is 8.28. The van der Waals surface area contributed by atoms with Gasteiger partial charge in [0.05, 0.1) is 18.7 Å². The highest BCUT2D eigenvalue weighted by atomic mass is 32.1. The number of rotatable bonds is 5. The number of fused-ring (bicyclic) bond motifs is 3. The molecule has 1 aliphatic heterocycles. The first-order valence-electron chi connectivity index (χ1n) is 11.4. The molecule has 2 heterocycles. The summed E-state index contributed by atoms with van der Waals surface area (Å²) in [6.45, 7) is 12.9. The predicted molar refractivity (Wildman–Crippen MR) is 121 cm³/mol. The van der Waals surface area contributed by atoms with E-state index >= 15 is 0 Å². The quantitative estimate of drug-likeness (QED) is 0.673. The van der Waals surface area contributed by atoms with Crippen LogP contribution >= 0.6 is 11.3 Å². The van der Waals surface area contributed by atoms with E-state index in [1.807, 2.05) is 6.92 Å². The molecule has 3 atom stereocenters. The van der Waals surface area contributed by atoms with Crippen LogP contribution in [0.5, 0.6) is 0 Å². The van der Waals surface area contributed by atoms with Gasteiger partial charge in [-0.25, -0.2) is 4.79 Å². The van der Waals surface area contributed by atoms with E-state index in [0.29, 0.717) is 46.5 Å². The second kappa shape index (κ2) is 7.94. The Balaban J connectivity index is 1.50. The Kier molecular flexibility index (Phi) is 5.77. The number of anilines is 1. The molecule has 0 spiro atoms. The first-order valence-corrected chi connectivity index (χ1v) is 12.3. The SMILES string of the molecule is CCOC(=O)c1c(NC(=O)CN2CC3(C)CC2CC(C)(C)C3)sc2c1CCC(C)C2. The van der Waals surface area contributed by atoms with Crippen molar-refractivity contribution in [2.75, 3.05) is 25.0 Å². The summed E-state index contributed by atoms with van der Waals surface area (Å²) in [6, 6.07) is 0.478. The maximum Gasteiger partial charge on any atom is 0.341 e. The normalized spacial score (nSPS) is 30.0. The summed E-state index contributed by atoms with van der Waals surface area (Å²) in [5.74, 6) is 0.301. The van der Waals surface area contributed by atoms with Crippen LogP contribution < -0.4 is 5.32 Å². The van der Waals surface area contributed by atoms with Crippen LogP contribution in [0.25, 0.3) is 0 Å². The molecule has 30 heavy (non-hydrogen) atoms. The fraction of sp³-hybridized carbons (Fsp3) is 0.750. The minimum absolute atomic E-state index is 0.0128. The monoisotopic (exact) mass is 432 g/mol.